The monoisotopic (exact) mass is 278 g/mol. The molecule has 0 atom stereocenters. The van der Waals surface area contributed by atoms with Gasteiger partial charge in [-0.3, -0.25) is 4.79 Å². The third-order valence-electron chi connectivity index (χ3n) is 3.22. The molecule has 104 valence electrons. The summed E-state index contributed by atoms with van der Waals surface area (Å²) in [4.78, 5) is 12.7. The molecule has 21 heavy (non-hydrogen) atoms. The summed E-state index contributed by atoms with van der Waals surface area (Å²) in [6, 6.07) is 13.0. The maximum Gasteiger partial charge on any atom is 0.213 e. The first-order valence-electron chi connectivity index (χ1n) is 6.62. The van der Waals surface area contributed by atoms with Crippen LogP contribution in [0, 0.1) is 13.8 Å². The van der Waals surface area contributed by atoms with E-state index in [2.05, 4.69) is 15.3 Å². The number of carbonyl (C=O) groups is 1. The summed E-state index contributed by atoms with van der Waals surface area (Å²) in [6.45, 7) is 3.60. The highest BCUT2D eigenvalue weighted by atomic mass is 16.1. The van der Waals surface area contributed by atoms with Gasteiger partial charge in [-0.15, -0.1) is 0 Å². The summed E-state index contributed by atoms with van der Waals surface area (Å²) >= 11 is 0. The van der Waals surface area contributed by atoms with Crippen LogP contribution >= 0.6 is 0 Å². The van der Waals surface area contributed by atoms with Crippen LogP contribution in [0.4, 0.5) is 0 Å². The van der Waals surface area contributed by atoms with Crippen LogP contribution in [0.3, 0.4) is 0 Å². The molecule has 0 spiro atoms. The molecular formula is C16H14N4O. The topological polar surface area (TPSA) is 60.7 Å². The first-order valence-corrected chi connectivity index (χ1v) is 6.62. The third-order valence-corrected chi connectivity index (χ3v) is 3.22. The van der Waals surface area contributed by atoms with Gasteiger partial charge in [-0.05, 0) is 38.1 Å². The van der Waals surface area contributed by atoms with E-state index in [0.29, 0.717) is 17.0 Å². The molecule has 0 aliphatic heterocycles. The average Bonchev–Trinajstić information content (AvgIpc) is 2.99. The van der Waals surface area contributed by atoms with E-state index in [1.54, 1.807) is 29.9 Å². The molecule has 0 saturated carbocycles. The molecule has 2 heterocycles. The first kappa shape index (κ1) is 13.2. The van der Waals surface area contributed by atoms with Gasteiger partial charge in [0.25, 0.3) is 0 Å². The van der Waals surface area contributed by atoms with Crippen LogP contribution in [0.5, 0.6) is 0 Å². The zero-order chi connectivity index (χ0) is 14.8. The van der Waals surface area contributed by atoms with Gasteiger partial charge in [0, 0.05) is 5.56 Å². The minimum Gasteiger partial charge on any atom is -0.287 e. The van der Waals surface area contributed by atoms with E-state index in [9.17, 15) is 4.79 Å². The number of ketones is 1. The molecule has 0 unspecified atom stereocenters. The SMILES string of the molecule is Cc1cc(C(=O)c2ccnn2-c2ccccc2)c(C)nn1. The molecular weight excluding hydrogens is 264 g/mol. The van der Waals surface area contributed by atoms with Crippen LogP contribution in [0.25, 0.3) is 5.69 Å². The number of hydrogen-bond donors (Lipinski definition) is 0. The predicted octanol–water partition coefficient (Wildman–Crippen LogP) is 2.51. The molecule has 0 aliphatic rings. The molecule has 0 fully saturated rings. The van der Waals surface area contributed by atoms with Gasteiger partial charge in [0.2, 0.25) is 5.78 Å². The minimum absolute atomic E-state index is 0.105. The Labute approximate surface area is 122 Å². The maximum atomic E-state index is 12.7. The van der Waals surface area contributed by atoms with Crippen molar-refractivity contribution in [3.63, 3.8) is 0 Å². The van der Waals surface area contributed by atoms with Gasteiger partial charge in [-0.1, -0.05) is 18.2 Å². The normalized spacial score (nSPS) is 10.6. The second-order valence-corrected chi connectivity index (χ2v) is 4.78. The Hall–Kier alpha value is -2.82. The Balaban J connectivity index is 2.08. The predicted molar refractivity (Wildman–Crippen MR) is 78.5 cm³/mol. The molecule has 0 radical (unpaired) electrons. The second kappa shape index (κ2) is 5.28. The number of aryl methyl sites for hydroxylation is 2. The summed E-state index contributed by atoms with van der Waals surface area (Å²) in [7, 11) is 0. The van der Waals surface area contributed by atoms with E-state index < -0.39 is 0 Å². The number of para-hydroxylation sites is 1. The Bertz CT molecular complexity index is 793. The molecule has 0 bridgehead atoms. The highest BCUT2D eigenvalue weighted by Gasteiger charge is 2.18. The van der Waals surface area contributed by atoms with Crippen molar-refractivity contribution >= 4 is 5.78 Å². The van der Waals surface area contributed by atoms with Crippen LogP contribution < -0.4 is 0 Å². The molecule has 5 nitrogen and oxygen atoms in total. The third kappa shape index (κ3) is 2.45. The molecule has 3 rings (SSSR count). The van der Waals surface area contributed by atoms with E-state index in [0.717, 1.165) is 11.4 Å². The van der Waals surface area contributed by atoms with Crippen LogP contribution in [0.15, 0.2) is 48.7 Å². The van der Waals surface area contributed by atoms with Crippen molar-refractivity contribution in [2.45, 2.75) is 13.8 Å². The number of carbonyl (C=O) groups excluding carboxylic acids is 1. The number of hydrogen-bond acceptors (Lipinski definition) is 4. The number of aromatic nitrogens is 4. The number of benzene rings is 1. The van der Waals surface area contributed by atoms with E-state index in [4.69, 9.17) is 0 Å². The molecule has 0 saturated heterocycles. The quantitative estimate of drug-likeness (QED) is 0.691. The van der Waals surface area contributed by atoms with E-state index >= 15 is 0 Å². The largest absolute Gasteiger partial charge is 0.287 e. The van der Waals surface area contributed by atoms with Crippen LogP contribution in [-0.2, 0) is 0 Å². The van der Waals surface area contributed by atoms with Gasteiger partial charge in [-0.25, -0.2) is 4.68 Å². The lowest BCUT2D eigenvalue weighted by atomic mass is 10.1. The van der Waals surface area contributed by atoms with Gasteiger partial charge in [-0.2, -0.15) is 15.3 Å². The summed E-state index contributed by atoms with van der Waals surface area (Å²) in [6.07, 6.45) is 1.62. The fraction of sp³-hybridized carbons (Fsp3) is 0.125. The van der Waals surface area contributed by atoms with Crippen molar-refractivity contribution in [3.05, 3.63) is 71.3 Å². The highest BCUT2D eigenvalue weighted by Crippen LogP contribution is 2.16. The Morgan fingerprint density at radius 3 is 2.57 bits per heavy atom. The Morgan fingerprint density at radius 1 is 1.05 bits per heavy atom. The van der Waals surface area contributed by atoms with Gasteiger partial charge in [0.1, 0.15) is 5.69 Å². The number of rotatable bonds is 3. The summed E-state index contributed by atoms with van der Waals surface area (Å²) in [5.41, 5.74) is 3.25. The fourth-order valence-corrected chi connectivity index (χ4v) is 2.17. The fourth-order valence-electron chi connectivity index (χ4n) is 2.17. The molecule has 0 aliphatic carbocycles. The van der Waals surface area contributed by atoms with Crippen molar-refractivity contribution in [3.8, 4) is 5.69 Å². The first-order chi connectivity index (χ1) is 10.2. The molecule has 3 aromatic rings. The van der Waals surface area contributed by atoms with E-state index in [1.807, 2.05) is 37.3 Å². The lowest BCUT2D eigenvalue weighted by Gasteiger charge is -2.08. The standard InChI is InChI=1S/C16H14N4O/c1-11-10-14(12(2)19-18-11)16(21)15-8-9-17-20(15)13-6-4-3-5-7-13/h3-10H,1-2H3. The smallest absolute Gasteiger partial charge is 0.213 e. The van der Waals surface area contributed by atoms with Crippen molar-refractivity contribution < 1.29 is 4.79 Å². The zero-order valence-corrected chi connectivity index (χ0v) is 11.8. The van der Waals surface area contributed by atoms with Crippen LogP contribution in [0.1, 0.15) is 27.4 Å². The molecule has 1 aromatic carbocycles. The molecule has 0 amide bonds. The van der Waals surface area contributed by atoms with Gasteiger partial charge in [0.15, 0.2) is 0 Å². The highest BCUT2D eigenvalue weighted by molar-refractivity contribution is 6.08. The average molecular weight is 278 g/mol. The van der Waals surface area contributed by atoms with Crippen LogP contribution in [0.2, 0.25) is 0 Å². The molecule has 5 heteroatoms. The Morgan fingerprint density at radius 2 is 1.81 bits per heavy atom. The molecule has 2 aromatic heterocycles. The zero-order valence-electron chi connectivity index (χ0n) is 11.8. The van der Waals surface area contributed by atoms with Crippen molar-refractivity contribution in [2.24, 2.45) is 0 Å². The summed E-state index contributed by atoms with van der Waals surface area (Å²) in [5.74, 6) is -0.105. The summed E-state index contributed by atoms with van der Waals surface area (Å²) in [5, 5.41) is 12.2. The van der Waals surface area contributed by atoms with Gasteiger partial charge < -0.3 is 0 Å². The Kier molecular flexibility index (Phi) is 3.31. The van der Waals surface area contributed by atoms with Crippen LogP contribution in [-0.4, -0.2) is 25.8 Å². The van der Waals surface area contributed by atoms with Gasteiger partial charge >= 0.3 is 0 Å². The van der Waals surface area contributed by atoms with Crippen molar-refractivity contribution in [1.82, 2.24) is 20.0 Å². The lowest BCUT2D eigenvalue weighted by Crippen LogP contribution is -2.12. The van der Waals surface area contributed by atoms with Crippen molar-refractivity contribution in [2.75, 3.05) is 0 Å². The molecule has 0 N–H and O–H groups in total. The number of nitrogens with zero attached hydrogens (tertiary/aromatic N) is 4. The lowest BCUT2D eigenvalue weighted by molar-refractivity contribution is 0.103. The van der Waals surface area contributed by atoms with Gasteiger partial charge in [0.05, 0.1) is 23.3 Å². The van der Waals surface area contributed by atoms with E-state index in [-0.39, 0.29) is 5.78 Å². The van der Waals surface area contributed by atoms with E-state index in [1.165, 1.54) is 0 Å². The minimum atomic E-state index is -0.105. The van der Waals surface area contributed by atoms with Crippen molar-refractivity contribution in [1.29, 1.82) is 0 Å². The maximum absolute atomic E-state index is 12.7. The summed E-state index contributed by atoms with van der Waals surface area (Å²) < 4.78 is 1.64. The second-order valence-electron chi connectivity index (χ2n) is 4.78.